The van der Waals surface area contributed by atoms with Crippen LogP contribution in [-0.2, 0) is 19.2 Å². The van der Waals surface area contributed by atoms with Gasteiger partial charge < -0.3 is 31.9 Å². The average molecular weight is 394 g/mol. The second kappa shape index (κ2) is 4.51. The maximum atomic E-state index is 11.1. The Morgan fingerprint density at radius 3 is 1.11 bits per heavy atom. The summed E-state index contributed by atoms with van der Waals surface area (Å²) in [5.74, 6) is -4.65. The van der Waals surface area contributed by atoms with Gasteiger partial charge in [0.1, 0.15) is 11.1 Å². The Bertz CT molecular complexity index is 806. The van der Waals surface area contributed by atoms with Crippen molar-refractivity contribution in [2.24, 2.45) is 57.8 Å². The highest BCUT2D eigenvalue weighted by molar-refractivity contribution is 5.91. The molecule has 10 atom stereocenters. The van der Waals surface area contributed by atoms with Gasteiger partial charge in [-0.1, -0.05) is 0 Å². The van der Waals surface area contributed by atoms with Crippen molar-refractivity contribution in [2.75, 3.05) is 0 Å². The zero-order valence-electron chi connectivity index (χ0n) is 14.9. The number of nitrogens with two attached hydrogens (primary N) is 2. The van der Waals surface area contributed by atoms with Crippen LogP contribution in [-0.4, -0.2) is 55.4 Å². The molecule has 8 rings (SSSR count). The van der Waals surface area contributed by atoms with Crippen LogP contribution in [0.1, 0.15) is 25.7 Å². The number of carboxylic acids is 4. The minimum Gasteiger partial charge on any atom is -0.481 e. The Labute approximate surface area is 158 Å². The fourth-order valence-electron chi connectivity index (χ4n) is 8.01. The van der Waals surface area contributed by atoms with Crippen LogP contribution in [0.5, 0.6) is 0 Å². The highest BCUT2D eigenvalue weighted by atomic mass is 16.4. The van der Waals surface area contributed by atoms with Crippen molar-refractivity contribution in [1.82, 2.24) is 0 Å². The fraction of sp³-hybridized carbons (Fsp3) is 0.778. The molecule has 0 heterocycles. The lowest BCUT2D eigenvalue weighted by molar-refractivity contribution is -0.147. The van der Waals surface area contributed by atoms with Gasteiger partial charge in [-0.3, -0.25) is 19.2 Å². The molecule has 8 saturated carbocycles. The molecule has 0 radical (unpaired) electrons. The van der Waals surface area contributed by atoms with E-state index in [2.05, 4.69) is 0 Å². The molecule has 0 aromatic carbocycles. The molecule has 8 fully saturated rings. The SMILES string of the molecule is NC1(C(=O)O)C2CC3C1C3(C(=O)O)C2.NC1(C(=O)O)C2CC3C1C3(C(=O)O)C2. The zero-order chi connectivity index (χ0) is 20.6. The molecule has 0 aromatic heterocycles. The molecule has 0 saturated heterocycles. The molecule has 8 bridgehead atoms. The first-order chi connectivity index (χ1) is 12.9. The maximum Gasteiger partial charge on any atom is 0.324 e. The molecule has 0 aromatic rings. The van der Waals surface area contributed by atoms with Crippen LogP contribution in [0.4, 0.5) is 0 Å². The standard InChI is InChI=1S/2C9H11NO4/c2*10-9(7(13)14)3-1-4-5(9)8(4,2-3)6(11)12/h2*3-5H,1-2,10H2,(H,11,12)(H,13,14). The van der Waals surface area contributed by atoms with Gasteiger partial charge in [0.15, 0.2) is 0 Å². The van der Waals surface area contributed by atoms with Crippen molar-refractivity contribution in [1.29, 1.82) is 0 Å². The molecule has 10 nitrogen and oxygen atoms in total. The third-order valence-electron chi connectivity index (χ3n) is 9.18. The number of carboxylic acid groups (broad SMARTS) is 4. The Kier molecular flexibility index (Phi) is 2.88. The van der Waals surface area contributed by atoms with E-state index in [1.807, 2.05) is 0 Å². The predicted molar refractivity (Wildman–Crippen MR) is 88.7 cm³/mol. The van der Waals surface area contributed by atoms with Crippen molar-refractivity contribution in [2.45, 2.75) is 36.8 Å². The van der Waals surface area contributed by atoms with E-state index >= 15 is 0 Å². The summed E-state index contributed by atoms with van der Waals surface area (Å²) in [6, 6.07) is 0. The van der Waals surface area contributed by atoms with Gasteiger partial charge in [0.2, 0.25) is 0 Å². The van der Waals surface area contributed by atoms with Crippen LogP contribution >= 0.6 is 0 Å². The van der Waals surface area contributed by atoms with Gasteiger partial charge in [-0.15, -0.1) is 0 Å². The monoisotopic (exact) mass is 394 g/mol. The number of rotatable bonds is 4. The van der Waals surface area contributed by atoms with E-state index in [1.165, 1.54) is 0 Å². The van der Waals surface area contributed by atoms with Gasteiger partial charge in [0.25, 0.3) is 0 Å². The van der Waals surface area contributed by atoms with Crippen molar-refractivity contribution >= 4 is 23.9 Å². The lowest BCUT2D eigenvalue weighted by atomic mass is 9.90. The van der Waals surface area contributed by atoms with Gasteiger partial charge in [-0.05, 0) is 49.4 Å². The summed E-state index contributed by atoms with van der Waals surface area (Å²) in [7, 11) is 0. The number of carbonyl (C=O) groups is 4. The van der Waals surface area contributed by atoms with Crippen molar-refractivity contribution in [3.63, 3.8) is 0 Å². The average Bonchev–Trinajstić information content (AvgIpc) is 3.04. The smallest absolute Gasteiger partial charge is 0.324 e. The molecule has 28 heavy (non-hydrogen) atoms. The highest BCUT2D eigenvalue weighted by Gasteiger charge is 2.89. The zero-order valence-corrected chi connectivity index (χ0v) is 14.9. The molecule has 8 N–H and O–H groups in total. The van der Waals surface area contributed by atoms with E-state index in [-0.39, 0.29) is 35.5 Å². The molecule has 8 aliphatic rings. The van der Waals surface area contributed by atoms with Crippen LogP contribution in [0.25, 0.3) is 0 Å². The Morgan fingerprint density at radius 1 is 0.643 bits per heavy atom. The minimum absolute atomic E-state index is 0.0195. The predicted octanol–water partition coefficient (Wildman–Crippen LogP) is -0.982. The summed E-state index contributed by atoms with van der Waals surface area (Å²) < 4.78 is 0. The second-order valence-corrected chi connectivity index (χ2v) is 9.61. The molecule has 152 valence electrons. The molecular formula is C18H22N2O8. The van der Waals surface area contributed by atoms with E-state index in [1.54, 1.807) is 0 Å². The third kappa shape index (κ3) is 1.47. The summed E-state index contributed by atoms with van der Waals surface area (Å²) in [4.78, 5) is 44.2. The lowest BCUT2D eigenvalue weighted by Crippen LogP contribution is -2.51. The van der Waals surface area contributed by atoms with Gasteiger partial charge in [0.05, 0.1) is 10.8 Å². The van der Waals surface area contributed by atoms with Crippen molar-refractivity contribution in [3.8, 4) is 0 Å². The van der Waals surface area contributed by atoms with Gasteiger partial charge in [0, 0.05) is 11.8 Å². The molecule has 0 spiro atoms. The first-order valence-corrected chi connectivity index (χ1v) is 9.42. The normalized spacial score (nSPS) is 57.4. The summed E-state index contributed by atoms with van der Waals surface area (Å²) in [6.07, 6.45) is 2.28. The first kappa shape index (κ1) is 17.9. The summed E-state index contributed by atoms with van der Waals surface area (Å²) in [5, 5.41) is 36.2. The lowest BCUT2D eigenvalue weighted by Gasteiger charge is -2.22. The number of aliphatic carboxylic acids is 4. The Balaban J connectivity index is 0.000000122. The van der Waals surface area contributed by atoms with E-state index in [0.717, 1.165) is 0 Å². The first-order valence-electron chi connectivity index (χ1n) is 9.42. The van der Waals surface area contributed by atoms with Gasteiger partial charge in [-0.2, -0.15) is 0 Å². The molecule has 0 aliphatic heterocycles. The molecular weight excluding hydrogens is 372 g/mol. The number of hydrogen-bond acceptors (Lipinski definition) is 6. The largest absolute Gasteiger partial charge is 0.481 e. The van der Waals surface area contributed by atoms with Crippen LogP contribution < -0.4 is 11.5 Å². The van der Waals surface area contributed by atoms with E-state index < -0.39 is 45.8 Å². The summed E-state index contributed by atoms with van der Waals surface area (Å²) in [6.45, 7) is 0. The second-order valence-electron chi connectivity index (χ2n) is 9.61. The molecule has 0 amide bonds. The molecule has 10 unspecified atom stereocenters. The van der Waals surface area contributed by atoms with Crippen molar-refractivity contribution < 1.29 is 39.6 Å². The highest BCUT2D eigenvalue weighted by Crippen LogP contribution is 2.82. The van der Waals surface area contributed by atoms with E-state index in [4.69, 9.17) is 31.9 Å². The van der Waals surface area contributed by atoms with E-state index in [9.17, 15) is 19.2 Å². The molecule has 10 heteroatoms. The third-order valence-corrected chi connectivity index (χ3v) is 9.18. The van der Waals surface area contributed by atoms with E-state index in [0.29, 0.717) is 25.7 Å². The Morgan fingerprint density at radius 2 is 0.964 bits per heavy atom. The van der Waals surface area contributed by atoms with Gasteiger partial charge in [-0.25, -0.2) is 0 Å². The van der Waals surface area contributed by atoms with Crippen LogP contribution in [0.15, 0.2) is 0 Å². The van der Waals surface area contributed by atoms with Crippen molar-refractivity contribution in [3.05, 3.63) is 0 Å². The van der Waals surface area contributed by atoms with Crippen LogP contribution in [0, 0.1) is 46.3 Å². The van der Waals surface area contributed by atoms with Gasteiger partial charge >= 0.3 is 23.9 Å². The Hall–Kier alpha value is -2.20. The van der Waals surface area contributed by atoms with Crippen LogP contribution in [0.2, 0.25) is 0 Å². The summed E-state index contributed by atoms with van der Waals surface area (Å²) in [5.41, 5.74) is 7.58. The minimum atomic E-state index is -1.26. The molecule has 8 aliphatic carbocycles. The topological polar surface area (TPSA) is 201 Å². The maximum absolute atomic E-state index is 11.1. The quantitative estimate of drug-likeness (QED) is 0.344. The summed E-state index contributed by atoms with van der Waals surface area (Å²) >= 11 is 0. The van der Waals surface area contributed by atoms with Crippen LogP contribution in [0.3, 0.4) is 0 Å². The number of hydrogen-bond donors (Lipinski definition) is 6. The fourth-order valence-corrected chi connectivity index (χ4v) is 8.01.